The molecular weight excluding hydrogens is 288 g/mol. The molecule has 0 unspecified atom stereocenters. The third-order valence-electron chi connectivity index (χ3n) is 2.96. The Balaban J connectivity index is 2.05. The van der Waals surface area contributed by atoms with Gasteiger partial charge in [-0.2, -0.15) is 5.26 Å². The highest BCUT2D eigenvalue weighted by atomic mass is 35.5. The van der Waals surface area contributed by atoms with E-state index in [9.17, 15) is 4.79 Å². The quantitative estimate of drug-likeness (QED) is 0.887. The van der Waals surface area contributed by atoms with E-state index in [1.54, 1.807) is 30.3 Å². The Morgan fingerprint density at radius 1 is 1.19 bits per heavy atom. The van der Waals surface area contributed by atoms with Crippen molar-refractivity contribution in [2.24, 2.45) is 0 Å². The van der Waals surface area contributed by atoms with E-state index in [1.807, 2.05) is 12.1 Å². The second-order valence-corrected chi connectivity index (χ2v) is 4.98. The van der Waals surface area contributed by atoms with Gasteiger partial charge in [-0.05, 0) is 29.3 Å². The van der Waals surface area contributed by atoms with E-state index in [2.05, 4.69) is 11.4 Å². The number of carboxylic acid groups (broad SMARTS) is 1. The standard InChI is InChI=1S/C16H13ClN2O2/c17-14-6-5-13(9-18)15(8-14)19-10-12-3-1-11(2-4-12)7-16(20)21/h1-6,8,19H,7,10H2,(H,20,21). The molecule has 0 aromatic heterocycles. The fraction of sp³-hybridized carbons (Fsp3) is 0.125. The van der Waals surface area contributed by atoms with Gasteiger partial charge in [-0.1, -0.05) is 35.9 Å². The van der Waals surface area contributed by atoms with Gasteiger partial charge >= 0.3 is 5.97 Å². The fourth-order valence-electron chi connectivity index (χ4n) is 1.91. The van der Waals surface area contributed by atoms with Gasteiger partial charge in [-0.3, -0.25) is 4.79 Å². The molecule has 4 nitrogen and oxygen atoms in total. The Labute approximate surface area is 127 Å². The van der Waals surface area contributed by atoms with Crippen molar-refractivity contribution in [2.75, 3.05) is 5.32 Å². The van der Waals surface area contributed by atoms with Crippen LogP contribution in [0.3, 0.4) is 0 Å². The number of rotatable bonds is 5. The molecule has 2 aromatic rings. The maximum absolute atomic E-state index is 10.6. The summed E-state index contributed by atoms with van der Waals surface area (Å²) >= 11 is 5.92. The van der Waals surface area contributed by atoms with Crippen LogP contribution in [-0.2, 0) is 17.8 Å². The SMILES string of the molecule is N#Cc1ccc(Cl)cc1NCc1ccc(CC(=O)O)cc1. The van der Waals surface area contributed by atoms with Crippen LogP contribution in [0.25, 0.3) is 0 Å². The van der Waals surface area contributed by atoms with E-state index in [0.29, 0.717) is 22.8 Å². The van der Waals surface area contributed by atoms with Crippen molar-refractivity contribution in [3.05, 3.63) is 64.2 Å². The lowest BCUT2D eigenvalue weighted by atomic mass is 10.1. The maximum atomic E-state index is 10.6. The van der Waals surface area contributed by atoms with Gasteiger partial charge in [0.1, 0.15) is 6.07 Å². The second kappa shape index (κ2) is 6.78. The van der Waals surface area contributed by atoms with Crippen LogP contribution in [0.4, 0.5) is 5.69 Å². The molecule has 21 heavy (non-hydrogen) atoms. The molecule has 0 spiro atoms. The summed E-state index contributed by atoms with van der Waals surface area (Å²) in [6, 6.07) is 14.4. The van der Waals surface area contributed by atoms with Gasteiger partial charge in [0.25, 0.3) is 0 Å². The lowest BCUT2D eigenvalue weighted by Crippen LogP contribution is -2.03. The number of hydrogen-bond acceptors (Lipinski definition) is 3. The lowest BCUT2D eigenvalue weighted by Gasteiger charge is -2.09. The molecule has 106 valence electrons. The zero-order valence-electron chi connectivity index (χ0n) is 11.1. The molecule has 2 aromatic carbocycles. The first-order valence-corrected chi connectivity index (χ1v) is 6.69. The van der Waals surface area contributed by atoms with Crippen molar-refractivity contribution in [1.82, 2.24) is 0 Å². The van der Waals surface area contributed by atoms with Gasteiger partial charge in [0.05, 0.1) is 17.7 Å². The van der Waals surface area contributed by atoms with E-state index in [1.165, 1.54) is 0 Å². The summed E-state index contributed by atoms with van der Waals surface area (Å²) in [4.78, 5) is 10.6. The largest absolute Gasteiger partial charge is 0.481 e. The van der Waals surface area contributed by atoms with Crippen LogP contribution >= 0.6 is 11.6 Å². The summed E-state index contributed by atoms with van der Waals surface area (Å²) < 4.78 is 0. The summed E-state index contributed by atoms with van der Waals surface area (Å²) in [7, 11) is 0. The molecule has 0 fully saturated rings. The number of nitrogens with one attached hydrogen (secondary N) is 1. The monoisotopic (exact) mass is 300 g/mol. The highest BCUT2D eigenvalue weighted by Crippen LogP contribution is 2.21. The molecule has 2 rings (SSSR count). The number of halogens is 1. The van der Waals surface area contributed by atoms with Crippen molar-refractivity contribution in [1.29, 1.82) is 5.26 Å². The molecule has 0 aliphatic heterocycles. The third kappa shape index (κ3) is 4.23. The molecule has 0 amide bonds. The van der Waals surface area contributed by atoms with E-state index in [4.69, 9.17) is 22.0 Å². The zero-order chi connectivity index (χ0) is 15.2. The van der Waals surface area contributed by atoms with Crippen LogP contribution in [0.5, 0.6) is 0 Å². The summed E-state index contributed by atoms with van der Waals surface area (Å²) in [5, 5.41) is 21.5. The molecule has 0 saturated carbocycles. The van der Waals surface area contributed by atoms with E-state index < -0.39 is 5.97 Å². The van der Waals surface area contributed by atoms with Gasteiger partial charge < -0.3 is 10.4 Å². The van der Waals surface area contributed by atoms with Gasteiger partial charge in [0.2, 0.25) is 0 Å². The molecule has 5 heteroatoms. The predicted octanol–water partition coefficient (Wildman–Crippen LogP) is 3.45. The topological polar surface area (TPSA) is 73.1 Å². The Morgan fingerprint density at radius 3 is 2.48 bits per heavy atom. The summed E-state index contributed by atoms with van der Waals surface area (Å²) in [6.07, 6.45) is 0.0145. The first kappa shape index (κ1) is 14.9. The van der Waals surface area contributed by atoms with Crippen molar-refractivity contribution in [3.63, 3.8) is 0 Å². The highest BCUT2D eigenvalue weighted by Gasteiger charge is 2.04. The number of carbonyl (C=O) groups is 1. The zero-order valence-corrected chi connectivity index (χ0v) is 11.9. The first-order valence-electron chi connectivity index (χ1n) is 6.31. The predicted molar refractivity (Wildman–Crippen MR) is 81.3 cm³/mol. The number of benzene rings is 2. The molecule has 0 heterocycles. The highest BCUT2D eigenvalue weighted by molar-refractivity contribution is 6.30. The van der Waals surface area contributed by atoms with Crippen LogP contribution < -0.4 is 5.32 Å². The van der Waals surface area contributed by atoms with E-state index in [0.717, 1.165) is 11.1 Å². The average Bonchev–Trinajstić information content (AvgIpc) is 2.46. The number of hydrogen-bond donors (Lipinski definition) is 2. The van der Waals surface area contributed by atoms with Crippen molar-refractivity contribution < 1.29 is 9.90 Å². The number of aliphatic carboxylic acids is 1. The summed E-state index contributed by atoms with van der Waals surface area (Å²) in [5.74, 6) is -0.849. The smallest absolute Gasteiger partial charge is 0.307 e. The molecule has 0 aliphatic rings. The minimum Gasteiger partial charge on any atom is -0.481 e. The van der Waals surface area contributed by atoms with Crippen LogP contribution in [0.1, 0.15) is 16.7 Å². The summed E-state index contributed by atoms with van der Waals surface area (Å²) in [5.41, 5.74) is 2.96. The number of nitriles is 1. The number of anilines is 1. The summed E-state index contributed by atoms with van der Waals surface area (Å²) in [6.45, 7) is 0.530. The van der Waals surface area contributed by atoms with Gasteiger partial charge in [-0.15, -0.1) is 0 Å². The Morgan fingerprint density at radius 2 is 1.86 bits per heavy atom. The van der Waals surface area contributed by atoms with Crippen LogP contribution in [0.2, 0.25) is 5.02 Å². The molecule has 0 atom stereocenters. The van der Waals surface area contributed by atoms with Crippen molar-refractivity contribution >= 4 is 23.3 Å². The normalized spacial score (nSPS) is 9.90. The van der Waals surface area contributed by atoms with Gasteiger partial charge in [0, 0.05) is 11.6 Å². The Bertz CT molecular complexity index is 690. The Kier molecular flexibility index (Phi) is 4.81. The molecule has 2 N–H and O–H groups in total. The number of nitrogens with zero attached hydrogens (tertiary/aromatic N) is 1. The molecular formula is C16H13ClN2O2. The maximum Gasteiger partial charge on any atom is 0.307 e. The second-order valence-electron chi connectivity index (χ2n) is 4.54. The Hall–Kier alpha value is -2.51. The molecule has 0 saturated heterocycles. The van der Waals surface area contributed by atoms with Crippen molar-refractivity contribution in [2.45, 2.75) is 13.0 Å². The van der Waals surface area contributed by atoms with E-state index in [-0.39, 0.29) is 6.42 Å². The molecule has 0 radical (unpaired) electrons. The average molecular weight is 301 g/mol. The van der Waals surface area contributed by atoms with E-state index >= 15 is 0 Å². The third-order valence-corrected chi connectivity index (χ3v) is 3.20. The van der Waals surface area contributed by atoms with Crippen LogP contribution in [-0.4, -0.2) is 11.1 Å². The minimum atomic E-state index is -0.849. The van der Waals surface area contributed by atoms with Crippen molar-refractivity contribution in [3.8, 4) is 6.07 Å². The van der Waals surface area contributed by atoms with Gasteiger partial charge in [-0.25, -0.2) is 0 Å². The number of carboxylic acids is 1. The molecule has 0 bridgehead atoms. The lowest BCUT2D eigenvalue weighted by molar-refractivity contribution is -0.136. The van der Waals surface area contributed by atoms with Crippen LogP contribution in [0.15, 0.2) is 42.5 Å². The van der Waals surface area contributed by atoms with Crippen LogP contribution in [0, 0.1) is 11.3 Å². The molecule has 0 aliphatic carbocycles. The first-order chi connectivity index (χ1) is 10.1. The van der Waals surface area contributed by atoms with Gasteiger partial charge in [0.15, 0.2) is 0 Å². The minimum absolute atomic E-state index is 0.0145. The fourth-order valence-corrected chi connectivity index (χ4v) is 2.08.